The summed E-state index contributed by atoms with van der Waals surface area (Å²) in [5, 5.41) is 8.71. The third kappa shape index (κ3) is 2.79. The van der Waals surface area contributed by atoms with Crippen molar-refractivity contribution in [1.29, 1.82) is 0 Å². The molecule has 3 aromatic heterocycles. The predicted octanol–water partition coefficient (Wildman–Crippen LogP) is 1.68. The first-order valence-electron chi connectivity index (χ1n) is 9.86. The van der Waals surface area contributed by atoms with Gasteiger partial charge in [0.2, 0.25) is 5.65 Å². The van der Waals surface area contributed by atoms with Crippen molar-refractivity contribution >= 4 is 17.3 Å². The number of hydrogen-bond donors (Lipinski definition) is 0. The molecule has 8 heteroatoms. The molecule has 0 spiro atoms. The number of rotatable bonds is 3. The van der Waals surface area contributed by atoms with Crippen LogP contribution in [0.3, 0.4) is 0 Å². The van der Waals surface area contributed by atoms with Gasteiger partial charge in [-0.3, -0.25) is 4.40 Å². The summed E-state index contributed by atoms with van der Waals surface area (Å²) in [4.78, 5) is 18.5. The van der Waals surface area contributed by atoms with Crippen LogP contribution in [0.5, 0.6) is 0 Å². The summed E-state index contributed by atoms with van der Waals surface area (Å²) in [5.41, 5.74) is 3.45. The normalized spacial score (nSPS) is 17.4. The molecule has 0 bridgehead atoms. The Morgan fingerprint density at radius 3 is 2.59 bits per heavy atom. The van der Waals surface area contributed by atoms with Crippen LogP contribution in [-0.2, 0) is 19.3 Å². The summed E-state index contributed by atoms with van der Waals surface area (Å²) in [7, 11) is 0. The molecule has 27 heavy (non-hydrogen) atoms. The Morgan fingerprint density at radius 1 is 0.889 bits per heavy atom. The molecule has 1 fully saturated rings. The second-order valence-electron chi connectivity index (χ2n) is 7.22. The summed E-state index contributed by atoms with van der Waals surface area (Å²) in [6.45, 7) is 5.90. The van der Waals surface area contributed by atoms with Gasteiger partial charge < -0.3 is 9.80 Å². The molecule has 0 aromatic carbocycles. The van der Waals surface area contributed by atoms with Crippen LogP contribution < -0.4 is 9.80 Å². The minimum absolute atomic E-state index is 0.853. The second-order valence-corrected chi connectivity index (χ2v) is 7.22. The van der Waals surface area contributed by atoms with Crippen molar-refractivity contribution in [2.75, 3.05) is 36.0 Å². The molecule has 3 aromatic rings. The SMILES string of the molecule is CCc1nnc2c(N3CCCN(c4ncnc5c4CCC5)CC3)nccn12. The zero-order valence-electron chi connectivity index (χ0n) is 15.7. The number of aromatic nitrogens is 6. The van der Waals surface area contributed by atoms with Crippen molar-refractivity contribution in [3.05, 3.63) is 35.8 Å². The minimum atomic E-state index is 0.853. The Balaban J connectivity index is 1.41. The van der Waals surface area contributed by atoms with E-state index in [1.807, 2.05) is 12.4 Å². The van der Waals surface area contributed by atoms with Crippen LogP contribution in [0.25, 0.3) is 5.65 Å². The van der Waals surface area contributed by atoms with Crippen molar-refractivity contribution in [1.82, 2.24) is 29.5 Å². The van der Waals surface area contributed by atoms with Crippen LogP contribution in [0.1, 0.15) is 36.8 Å². The fourth-order valence-electron chi connectivity index (χ4n) is 4.28. The van der Waals surface area contributed by atoms with Gasteiger partial charge in [-0.05, 0) is 25.7 Å². The van der Waals surface area contributed by atoms with Gasteiger partial charge in [0.15, 0.2) is 5.82 Å². The molecule has 0 N–H and O–H groups in total. The Labute approximate surface area is 158 Å². The maximum Gasteiger partial charge on any atom is 0.203 e. The Bertz CT molecular complexity index is 965. The summed E-state index contributed by atoms with van der Waals surface area (Å²) < 4.78 is 2.06. The van der Waals surface area contributed by atoms with Crippen LogP contribution in [0.4, 0.5) is 11.6 Å². The number of nitrogens with zero attached hydrogens (tertiary/aromatic N) is 8. The first-order valence-corrected chi connectivity index (χ1v) is 9.86. The lowest BCUT2D eigenvalue weighted by Crippen LogP contribution is -2.32. The number of aryl methyl sites for hydroxylation is 2. The molecule has 1 saturated heterocycles. The van der Waals surface area contributed by atoms with Gasteiger partial charge in [0.1, 0.15) is 18.0 Å². The van der Waals surface area contributed by atoms with Crippen LogP contribution in [-0.4, -0.2) is 55.7 Å². The van der Waals surface area contributed by atoms with Gasteiger partial charge >= 0.3 is 0 Å². The lowest BCUT2D eigenvalue weighted by molar-refractivity contribution is 0.787. The average molecular weight is 364 g/mol. The molecule has 1 aliphatic heterocycles. The van der Waals surface area contributed by atoms with E-state index in [-0.39, 0.29) is 0 Å². The molecule has 2 aliphatic rings. The van der Waals surface area contributed by atoms with Gasteiger partial charge in [-0.1, -0.05) is 6.92 Å². The fourth-order valence-corrected chi connectivity index (χ4v) is 4.28. The van der Waals surface area contributed by atoms with Gasteiger partial charge in [-0.15, -0.1) is 10.2 Å². The molecule has 0 amide bonds. The third-order valence-corrected chi connectivity index (χ3v) is 5.64. The molecule has 0 saturated carbocycles. The van der Waals surface area contributed by atoms with Gasteiger partial charge in [0, 0.05) is 56.3 Å². The van der Waals surface area contributed by atoms with E-state index >= 15 is 0 Å². The zero-order valence-corrected chi connectivity index (χ0v) is 15.7. The molecule has 0 unspecified atom stereocenters. The quantitative estimate of drug-likeness (QED) is 0.700. The van der Waals surface area contributed by atoms with Crippen LogP contribution in [0, 0.1) is 0 Å². The molecular weight excluding hydrogens is 340 g/mol. The molecule has 140 valence electrons. The van der Waals surface area contributed by atoms with Crippen molar-refractivity contribution < 1.29 is 0 Å². The summed E-state index contributed by atoms with van der Waals surface area (Å²) in [6.07, 6.45) is 10.8. The molecule has 0 radical (unpaired) electrons. The highest BCUT2D eigenvalue weighted by Crippen LogP contribution is 2.29. The van der Waals surface area contributed by atoms with E-state index in [0.29, 0.717) is 0 Å². The van der Waals surface area contributed by atoms with E-state index in [9.17, 15) is 0 Å². The lowest BCUT2D eigenvalue weighted by Gasteiger charge is -2.24. The average Bonchev–Trinajstić information content (AvgIpc) is 3.28. The van der Waals surface area contributed by atoms with Crippen molar-refractivity contribution in [2.45, 2.75) is 39.0 Å². The largest absolute Gasteiger partial charge is 0.354 e. The number of hydrogen-bond acceptors (Lipinski definition) is 7. The van der Waals surface area contributed by atoms with Crippen molar-refractivity contribution in [3.8, 4) is 0 Å². The number of anilines is 2. The highest BCUT2D eigenvalue weighted by molar-refractivity contribution is 5.64. The van der Waals surface area contributed by atoms with Gasteiger partial charge in [0.25, 0.3) is 0 Å². The smallest absolute Gasteiger partial charge is 0.203 e. The van der Waals surface area contributed by atoms with Crippen molar-refractivity contribution in [3.63, 3.8) is 0 Å². The van der Waals surface area contributed by atoms with E-state index in [1.54, 1.807) is 6.33 Å². The van der Waals surface area contributed by atoms with E-state index < -0.39 is 0 Å². The summed E-state index contributed by atoms with van der Waals surface area (Å²) >= 11 is 0. The molecule has 0 atom stereocenters. The highest BCUT2D eigenvalue weighted by atomic mass is 15.3. The standard InChI is InChI=1S/C19H24N8/c1-2-16-23-24-19-18(20-7-10-27(16)19)26-9-4-8-25(11-12-26)17-14-5-3-6-15(14)21-13-22-17/h7,10,13H,2-6,8-9,11-12H2,1H3. The van der Waals surface area contributed by atoms with Gasteiger partial charge in [0.05, 0.1) is 0 Å². The molecule has 5 rings (SSSR count). The van der Waals surface area contributed by atoms with Gasteiger partial charge in [-0.2, -0.15) is 0 Å². The Kier molecular flexibility index (Phi) is 4.10. The minimum Gasteiger partial charge on any atom is -0.354 e. The zero-order chi connectivity index (χ0) is 18.2. The van der Waals surface area contributed by atoms with Crippen LogP contribution in [0.2, 0.25) is 0 Å². The highest BCUT2D eigenvalue weighted by Gasteiger charge is 2.24. The van der Waals surface area contributed by atoms with Crippen LogP contribution >= 0.6 is 0 Å². The Hall–Kier alpha value is -2.77. The molecule has 1 aliphatic carbocycles. The van der Waals surface area contributed by atoms with Gasteiger partial charge in [-0.25, -0.2) is 15.0 Å². The first kappa shape index (κ1) is 16.4. The number of fused-ring (bicyclic) bond motifs is 2. The Morgan fingerprint density at radius 2 is 1.74 bits per heavy atom. The van der Waals surface area contributed by atoms with E-state index in [1.165, 1.54) is 17.7 Å². The van der Waals surface area contributed by atoms with Crippen LogP contribution in [0.15, 0.2) is 18.7 Å². The van der Waals surface area contributed by atoms with E-state index in [2.05, 4.69) is 46.3 Å². The molecular formula is C19H24N8. The maximum absolute atomic E-state index is 4.63. The second kappa shape index (κ2) is 6.75. The summed E-state index contributed by atoms with van der Waals surface area (Å²) in [6, 6.07) is 0. The first-order chi connectivity index (χ1) is 13.3. The fraction of sp³-hybridized carbons (Fsp3) is 0.526. The monoisotopic (exact) mass is 364 g/mol. The van der Waals surface area contributed by atoms with Crippen molar-refractivity contribution in [2.24, 2.45) is 0 Å². The summed E-state index contributed by atoms with van der Waals surface area (Å²) in [5.74, 6) is 3.04. The molecule has 8 nitrogen and oxygen atoms in total. The maximum atomic E-state index is 4.63. The van der Waals surface area contributed by atoms with E-state index in [4.69, 9.17) is 0 Å². The predicted molar refractivity (Wildman–Crippen MR) is 103 cm³/mol. The van der Waals surface area contributed by atoms with E-state index in [0.717, 1.165) is 75.0 Å². The topological polar surface area (TPSA) is 75.3 Å². The lowest BCUT2D eigenvalue weighted by atomic mass is 10.2. The molecule has 4 heterocycles. The third-order valence-electron chi connectivity index (χ3n) is 5.64.